The minimum absolute atomic E-state index is 0.310. The van der Waals surface area contributed by atoms with Gasteiger partial charge >= 0.3 is 0 Å². The van der Waals surface area contributed by atoms with E-state index in [1.54, 1.807) is 24.3 Å². The Hall–Kier alpha value is -5.54. The van der Waals surface area contributed by atoms with Gasteiger partial charge in [-0.15, -0.1) is 0 Å². The summed E-state index contributed by atoms with van der Waals surface area (Å²) in [5.41, 5.74) is 4.89. The largest absolute Gasteiger partial charge is 0.309 e. The number of rotatable bonds is 4. The summed E-state index contributed by atoms with van der Waals surface area (Å²) in [7, 11) is 0. The van der Waals surface area contributed by atoms with Crippen LogP contribution in [-0.4, -0.2) is 0 Å². The molecule has 204 valence electrons. The van der Waals surface area contributed by atoms with Gasteiger partial charge in [0.15, 0.2) is 0 Å². The van der Waals surface area contributed by atoms with Gasteiger partial charge in [0.1, 0.15) is 11.6 Å². The van der Waals surface area contributed by atoms with Crippen molar-refractivity contribution in [2.24, 2.45) is 0 Å². The molecule has 0 saturated carbocycles. The number of hydrogen-bond donors (Lipinski definition) is 0. The monoisotopic (exact) mass is 557 g/mol. The van der Waals surface area contributed by atoms with E-state index in [0.29, 0.717) is 0 Å². The standard InChI is InChI=1S/C40H25F2N/c41-28-17-21-30(22-18-28)43(31-23-19-29(42)20-24-31)40-36-15-7-5-13-34(36)39(35-14-6-8-16-37(35)40)38-32-11-3-1-9-26(32)25-27-10-2-4-12-33(27)38/h1-25H. The van der Waals surface area contributed by atoms with E-state index in [4.69, 9.17) is 0 Å². The molecule has 0 aliphatic rings. The molecular formula is C40H25F2N. The number of halogens is 2. The fourth-order valence-corrected chi connectivity index (χ4v) is 6.49. The Kier molecular flexibility index (Phi) is 5.90. The fraction of sp³-hybridized carbons (Fsp3) is 0. The van der Waals surface area contributed by atoms with Gasteiger partial charge in [0.2, 0.25) is 0 Å². The number of nitrogens with zero attached hydrogens (tertiary/aromatic N) is 1. The van der Waals surface area contributed by atoms with Gasteiger partial charge in [-0.25, -0.2) is 8.78 Å². The third-order valence-corrected chi connectivity index (χ3v) is 8.32. The molecule has 0 atom stereocenters. The highest BCUT2D eigenvalue weighted by atomic mass is 19.1. The van der Waals surface area contributed by atoms with Crippen LogP contribution in [-0.2, 0) is 0 Å². The normalized spacial score (nSPS) is 11.5. The van der Waals surface area contributed by atoms with Crippen molar-refractivity contribution in [1.29, 1.82) is 0 Å². The lowest BCUT2D eigenvalue weighted by atomic mass is 9.85. The van der Waals surface area contributed by atoms with Crippen LogP contribution < -0.4 is 4.90 Å². The molecule has 0 amide bonds. The average molecular weight is 558 g/mol. The summed E-state index contributed by atoms with van der Waals surface area (Å²) in [5.74, 6) is -0.619. The van der Waals surface area contributed by atoms with E-state index in [-0.39, 0.29) is 11.6 Å². The van der Waals surface area contributed by atoms with E-state index >= 15 is 0 Å². The van der Waals surface area contributed by atoms with Crippen molar-refractivity contribution in [2.45, 2.75) is 0 Å². The molecule has 8 aromatic rings. The van der Waals surface area contributed by atoms with Crippen LogP contribution in [0.3, 0.4) is 0 Å². The van der Waals surface area contributed by atoms with Gasteiger partial charge in [-0.2, -0.15) is 0 Å². The summed E-state index contributed by atoms with van der Waals surface area (Å²) in [6.07, 6.45) is 0. The SMILES string of the molecule is Fc1ccc(N(c2ccc(F)cc2)c2c3ccccc3c(-c3c4ccccc4cc4ccccc34)c3ccccc23)cc1. The fourth-order valence-electron chi connectivity index (χ4n) is 6.49. The zero-order valence-electron chi connectivity index (χ0n) is 23.1. The van der Waals surface area contributed by atoms with Crippen LogP contribution in [0.2, 0.25) is 0 Å². The van der Waals surface area contributed by atoms with Gasteiger partial charge < -0.3 is 4.90 Å². The zero-order chi connectivity index (χ0) is 28.9. The lowest BCUT2D eigenvalue weighted by Crippen LogP contribution is -2.11. The molecule has 3 heteroatoms. The smallest absolute Gasteiger partial charge is 0.123 e. The molecule has 0 unspecified atom stereocenters. The Morgan fingerprint density at radius 1 is 0.349 bits per heavy atom. The molecule has 0 aliphatic carbocycles. The topological polar surface area (TPSA) is 3.24 Å². The van der Waals surface area contributed by atoms with Crippen LogP contribution >= 0.6 is 0 Å². The lowest BCUT2D eigenvalue weighted by molar-refractivity contribution is 0.628. The maximum absolute atomic E-state index is 14.1. The summed E-state index contributed by atoms with van der Waals surface area (Å²) in [6, 6.07) is 49.3. The molecular weight excluding hydrogens is 532 g/mol. The first kappa shape index (κ1) is 25.2. The van der Waals surface area contributed by atoms with E-state index < -0.39 is 0 Å². The first-order valence-corrected chi connectivity index (χ1v) is 14.3. The second-order valence-corrected chi connectivity index (χ2v) is 10.8. The second kappa shape index (κ2) is 10.1. The molecule has 1 nitrogen and oxygen atoms in total. The van der Waals surface area contributed by atoms with Crippen molar-refractivity contribution in [3.8, 4) is 11.1 Å². The van der Waals surface area contributed by atoms with Crippen LogP contribution in [0.15, 0.2) is 152 Å². The van der Waals surface area contributed by atoms with Crippen LogP contribution in [0.1, 0.15) is 0 Å². The molecule has 0 bridgehead atoms. The zero-order valence-corrected chi connectivity index (χ0v) is 23.1. The maximum Gasteiger partial charge on any atom is 0.123 e. The summed E-state index contributed by atoms with van der Waals surface area (Å²) >= 11 is 0. The van der Waals surface area contributed by atoms with Crippen molar-refractivity contribution in [3.05, 3.63) is 163 Å². The van der Waals surface area contributed by atoms with Crippen molar-refractivity contribution < 1.29 is 8.78 Å². The first-order valence-electron chi connectivity index (χ1n) is 14.3. The Morgan fingerprint density at radius 2 is 0.698 bits per heavy atom. The Morgan fingerprint density at radius 3 is 1.14 bits per heavy atom. The van der Waals surface area contributed by atoms with Crippen molar-refractivity contribution >= 4 is 60.2 Å². The van der Waals surface area contributed by atoms with E-state index in [9.17, 15) is 8.78 Å². The Balaban J connectivity index is 1.56. The molecule has 0 aromatic heterocycles. The highest BCUT2D eigenvalue weighted by Gasteiger charge is 2.23. The highest BCUT2D eigenvalue weighted by molar-refractivity contribution is 6.27. The van der Waals surface area contributed by atoms with Crippen LogP contribution in [0.5, 0.6) is 0 Å². The summed E-state index contributed by atoms with van der Waals surface area (Å²) in [5, 5.41) is 9.05. The van der Waals surface area contributed by atoms with E-state index in [0.717, 1.165) is 38.6 Å². The van der Waals surface area contributed by atoms with E-state index in [1.807, 2.05) is 0 Å². The quantitative estimate of drug-likeness (QED) is 0.195. The summed E-state index contributed by atoms with van der Waals surface area (Å²) < 4.78 is 28.3. The average Bonchev–Trinajstić information content (AvgIpc) is 3.05. The molecule has 0 N–H and O–H groups in total. The number of benzene rings is 8. The minimum Gasteiger partial charge on any atom is -0.309 e. The Labute approximate surface area is 247 Å². The van der Waals surface area contributed by atoms with E-state index in [2.05, 4.69) is 108 Å². The van der Waals surface area contributed by atoms with Gasteiger partial charge in [-0.3, -0.25) is 0 Å². The predicted octanol–water partition coefficient (Wildman–Crippen LogP) is 11.7. The molecule has 0 aliphatic heterocycles. The molecule has 0 heterocycles. The number of hydrogen-bond acceptors (Lipinski definition) is 1. The minimum atomic E-state index is -0.310. The first-order chi connectivity index (χ1) is 21.2. The van der Waals surface area contributed by atoms with Gasteiger partial charge in [-0.1, -0.05) is 97.1 Å². The van der Waals surface area contributed by atoms with Gasteiger partial charge in [0.25, 0.3) is 0 Å². The highest BCUT2D eigenvalue weighted by Crippen LogP contribution is 2.50. The van der Waals surface area contributed by atoms with Crippen molar-refractivity contribution in [2.75, 3.05) is 4.90 Å². The van der Waals surface area contributed by atoms with Crippen molar-refractivity contribution in [1.82, 2.24) is 0 Å². The molecule has 43 heavy (non-hydrogen) atoms. The van der Waals surface area contributed by atoms with Crippen LogP contribution in [0.25, 0.3) is 54.2 Å². The van der Waals surface area contributed by atoms with Gasteiger partial charge in [0.05, 0.1) is 5.69 Å². The predicted molar refractivity (Wildman–Crippen MR) is 177 cm³/mol. The van der Waals surface area contributed by atoms with Gasteiger partial charge in [-0.05, 0) is 98.0 Å². The third kappa shape index (κ3) is 4.12. The lowest BCUT2D eigenvalue weighted by Gasteiger charge is -2.30. The number of fused-ring (bicyclic) bond motifs is 4. The third-order valence-electron chi connectivity index (χ3n) is 8.32. The molecule has 0 spiro atoms. The molecule has 8 aromatic carbocycles. The van der Waals surface area contributed by atoms with Crippen molar-refractivity contribution in [3.63, 3.8) is 0 Å². The second-order valence-electron chi connectivity index (χ2n) is 10.8. The molecule has 8 rings (SSSR count). The number of anilines is 3. The molecule has 0 fully saturated rings. The van der Waals surface area contributed by atoms with Crippen LogP contribution in [0, 0.1) is 11.6 Å². The van der Waals surface area contributed by atoms with E-state index in [1.165, 1.54) is 56.9 Å². The summed E-state index contributed by atoms with van der Waals surface area (Å²) in [4.78, 5) is 2.11. The molecule has 0 saturated heterocycles. The maximum atomic E-state index is 14.1. The van der Waals surface area contributed by atoms with Gasteiger partial charge in [0, 0.05) is 22.1 Å². The summed E-state index contributed by atoms with van der Waals surface area (Å²) in [6.45, 7) is 0. The molecule has 0 radical (unpaired) electrons. The van der Waals surface area contributed by atoms with Crippen LogP contribution in [0.4, 0.5) is 25.8 Å². The Bertz CT molecular complexity index is 2150.